The highest BCUT2D eigenvalue weighted by molar-refractivity contribution is 7.99. The molecule has 0 saturated carbocycles. The molecule has 4 rings (SSSR count). The van der Waals surface area contributed by atoms with E-state index in [-0.39, 0.29) is 17.1 Å². The first-order valence-corrected chi connectivity index (χ1v) is 9.99. The molecule has 0 atom stereocenters. The highest BCUT2D eigenvalue weighted by atomic mass is 32.2. The van der Waals surface area contributed by atoms with Crippen LogP contribution in [-0.4, -0.2) is 21.1 Å². The van der Waals surface area contributed by atoms with Crippen molar-refractivity contribution in [1.82, 2.24) is 9.55 Å². The summed E-state index contributed by atoms with van der Waals surface area (Å²) in [6, 6.07) is 20.9. The van der Waals surface area contributed by atoms with E-state index < -0.39 is 5.82 Å². The summed E-state index contributed by atoms with van der Waals surface area (Å²) in [5.74, 6) is -0.578. The molecule has 1 heterocycles. The Morgan fingerprint density at radius 2 is 1.73 bits per heavy atom. The van der Waals surface area contributed by atoms with Crippen LogP contribution in [0.3, 0.4) is 0 Å². The number of hydrogen-bond donors (Lipinski definition) is 0. The van der Waals surface area contributed by atoms with Crippen molar-refractivity contribution in [3.8, 4) is 11.8 Å². The van der Waals surface area contributed by atoms with Gasteiger partial charge in [0.15, 0.2) is 10.9 Å². The minimum absolute atomic E-state index is 0.0344. The van der Waals surface area contributed by atoms with Crippen molar-refractivity contribution in [2.75, 3.05) is 5.75 Å². The van der Waals surface area contributed by atoms with Crippen LogP contribution in [0.25, 0.3) is 16.6 Å². The molecule has 1 aromatic heterocycles. The molecule has 0 unspecified atom stereocenters. The van der Waals surface area contributed by atoms with Crippen molar-refractivity contribution in [3.05, 3.63) is 100 Å². The number of rotatable bonds is 5. The zero-order valence-corrected chi connectivity index (χ0v) is 16.4. The SMILES string of the molecule is N#Cc1ccc(-n2c(SCC(=O)c3ccc(F)cc3)nc3ccccc3c2=O)cc1. The number of carbonyl (C=O) groups excluding carboxylic acids is 1. The van der Waals surface area contributed by atoms with Crippen LogP contribution in [0, 0.1) is 17.1 Å². The Balaban J connectivity index is 1.75. The van der Waals surface area contributed by atoms with Crippen LogP contribution < -0.4 is 5.56 Å². The maximum atomic E-state index is 13.2. The van der Waals surface area contributed by atoms with Gasteiger partial charge in [-0.05, 0) is 60.7 Å². The molecule has 4 aromatic rings. The number of aromatic nitrogens is 2. The first-order valence-electron chi connectivity index (χ1n) is 9.01. The first-order chi connectivity index (χ1) is 14.6. The van der Waals surface area contributed by atoms with Gasteiger partial charge in [0.25, 0.3) is 5.56 Å². The van der Waals surface area contributed by atoms with Crippen LogP contribution >= 0.6 is 11.8 Å². The molecule has 0 saturated heterocycles. The molecule has 7 heteroatoms. The van der Waals surface area contributed by atoms with Gasteiger partial charge in [-0.15, -0.1) is 0 Å². The smallest absolute Gasteiger partial charge is 0.266 e. The Bertz CT molecular complexity index is 1340. The van der Waals surface area contributed by atoms with Crippen LogP contribution in [-0.2, 0) is 0 Å². The average Bonchev–Trinajstić information content (AvgIpc) is 2.78. The number of hydrogen-bond acceptors (Lipinski definition) is 5. The maximum absolute atomic E-state index is 13.2. The van der Waals surface area contributed by atoms with E-state index in [1.54, 1.807) is 48.5 Å². The Morgan fingerprint density at radius 3 is 2.43 bits per heavy atom. The topological polar surface area (TPSA) is 75.8 Å². The molecular formula is C23H14FN3O2S. The van der Waals surface area contributed by atoms with Crippen molar-refractivity contribution in [3.63, 3.8) is 0 Å². The van der Waals surface area contributed by atoms with Gasteiger partial charge < -0.3 is 0 Å². The van der Waals surface area contributed by atoms with Crippen molar-refractivity contribution in [1.29, 1.82) is 5.26 Å². The van der Waals surface area contributed by atoms with E-state index in [1.165, 1.54) is 28.8 Å². The molecule has 0 fully saturated rings. The number of halogens is 1. The molecule has 5 nitrogen and oxygen atoms in total. The molecule has 0 radical (unpaired) electrons. The lowest BCUT2D eigenvalue weighted by molar-refractivity contribution is 0.102. The fourth-order valence-corrected chi connectivity index (χ4v) is 3.88. The van der Waals surface area contributed by atoms with Gasteiger partial charge in [0, 0.05) is 5.56 Å². The van der Waals surface area contributed by atoms with E-state index in [0.29, 0.717) is 32.9 Å². The zero-order chi connectivity index (χ0) is 21.1. The van der Waals surface area contributed by atoms with Gasteiger partial charge in [0.05, 0.1) is 34.0 Å². The Hall–Kier alpha value is -3.76. The van der Waals surface area contributed by atoms with Gasteiger partial charge in [-0.3, -0.25) is 14.2 Å². The quantitative estimate of drug-likeness (QED) is 0.275. The van der Waals surface area contributed by atoms with Crippen molar-refractivity contribution in [2.24, 2.45) is 0 Å². The second-order valence-corrected chi connectivity index (χ2v) is 7.37. The summed E-state index contributed by atoms with van der Waals surface area (Å²) in [4.78, 5) is 30.3. The number of ketones is 1. The molecule has 0 bridgehead atoms. The van der Waals surface area contributed by atoms with E-state index >= 15 is 0 Å². The number of carbonyl (C=O) groups is 1. The van der Waals surface area contributed by atoms with Crippen LogP contribution in [0.1, 0.15) is 15.9 Å². The number of para-hydroxylation sites is 1. The monoisotopic (exact) mass is 415 g/mol. The third-order valence-electron chi connectivity index (χ3n) is 4.50. The van der Waals surface area contributed by atoms with Crippen LogP contribution in [0.5, 0.6) is 0 Å². The van der Waals surface area contributed by atoms with Crippen molar-refractivity contribution in [2.45, 2.75) is 5.16 Å². The molecular weight excluding hydrogens is 401 g/mol. The van der Waals surface area contributed by atoms with Crippen LogP contribution in [0.2, 0.25) is 0 Å². The summed E-state index contributed by atoms with van der Waals surface area (Å²) < 4.78 is 14.5. The van der Waals surface area contributed by atoms with Gasteiger partial charge in [-0.2, -0.15) is 5.26 Å². The minimum Gasteiger partial charge on any atom is -0.293 e. The van der Waals surface area contributed by atoms with Crippen LogP contribution in [0.15, 0.2) is 82.7 Å². The number of nitrogens with zero attached hydrogens (tertiary/aromatic N) is 3. The van der Waals surface area contributed by atoms with Gasteiger partial charge >= 0.3 is 0 Å². The average molecular weight is 415 g/mol. The summed E-state index contributed by atoms with van der Waals surface area (Å²) in [6.07, 6.45) is 0. The number of nitriles is 1. The third kappa shape index (κ3) is 3.86. The van der Waals surface area contributed by atoms with Gasteiger partial charge in [-0.1, -0.05) is 23.9 Å². The van der Waals surface area contributed by atoms with Crippen molar-refractivity contribution >= 4 is 28.4 Å². The number of benzene rings is 3. The fraction of sp³-hybridized carbons (Fsp3) is 0.0435. The summed E-state index contributed by atoms with van der Waals surface area (Å²) in [5.41, 5.74) is 1.68. The van der Waals surface area contributed by atoms with E-state index in [4.69, 9.17) is 5.26 Å². The minimum atomic E-state index is -0.412. The van der Waals surface area contributed by atoms with E-state index in [1.807, 2.05) is 6.07 Å². The van der Waals surface area contributed by atoms with E-state index in [2.05, 4.69) is 4.98 Å². The highest BCUT2D eigenvalue weighted by Gasteiger charge is 2.15. The molecule has 0 aliphatic heterocycles. The normalized spacial score (nSPS) is 10.7. The van der Waals surface area contributed by atoms with Gasteiger partial charge in [0.1, 0.15) is 5.82 Å². The van der Waals surface area contributed by atoms with E-state index in [9.17, 15) is 14.0 Å². The maximum Gasteiger partial charge on any atom is 0.266 e. The highest BCUT2D eigenvalue weighted by Crippen LogP contribution is 2.22. The molecule has 146 valence electrons. The largest absolute Gasteiger partial charge is 0.293 e. The number of fused-ring (bicyclic) bond motifs is 1. The summed E-state index contributed by atoms with van der Waals surface area (Å²) >= 11 is 1.13. The molecule has 0 aliphatic carbocycles. The molecule has 0 N–H and O–H groups in total. The number of thioether (sulfide) groups is 1. The van der Waals surface area contributed by atoms with Gasteiger partial charge in [0.2, 0.25) is 0 Å². The Kier molecular flexibility index (Phi) is 5.42. The lowest BCUT2D eigenvalue weighted by atomic mass is 10.1. The van der Waals surface area contributed by atoms with Gasteiger partial charge in [-0.25, -0.2) is 9.37 Å². The second-order valence-electron chi connectivity index (χ2n) is 6.43. The lowest BCUT2D eigenvalue weighted by Crippen LogP contribution is -2.22. The standard InChI is InChI=1S/C23H14FN3O2S/c24-17-9-7-16(8-10-17)21(28)14-30-23-26-20-4-2-1-3-19(20)22(29)27(23)18-11-5-15(13-25)6-12-18/h1-12H,14H2. The molecule has 0 spiro atoms. The zero-order valence-electron chi connectivity index (χ0n) is 15.6. The molecule has 0 amide bonds. The molecule has 0 aliphatic rings. The first kappa shape index (κ1) is 19.6. The van der Waals surface area contributed by atoms with E-state index in [0.717, 1.165) is 11.8 Å². The predicted octanol–water partition coefficient (Wildman–Crippen LogP) is 4.37. The third-order valence-corrected chi connectivity index (χ3v) is 5.44. The summed E-state index contributed by atoms with van der Waals surface area (Å²) in [6.45, 7) is 0. The van der Waals surface area contributed by atoms with Crippen molar-refractivity contribution < 1.29 is 9.18 Å². The Labute approximate surface area is 175 Å². The molecule has 3 aromatic carbocycles. The fourth-order valence-electron chi connectivity index (χ4n) is 2.97. The molecule has 30 heavy (non-hydrogen) atoms. The number of Topliss-reactive ketones (excluding diaryl/α,β-unsaturated/α-hetero) is 1. The Morgan fingerprint density at radius 1 is 1.03 bits per heavy atom. The predicted molar refractivity (Wildman–Crippen MR) is 114 cm³/mol. The summed E-state index contributed by atoms with van der Waals surface area (Å²) in [7, 11) is 0. The van der Waals surface area contributed by atoms with Crippen LogP contribution in [0.4, 0.5) is 4.39 Å². The summed E-state index contributed by atoms with van der Waals surface area (Å²) in [5, 5.41) is 9.84. The second kappa shape index (κ2) is 8.31. The lowest BCUT2D eigenvalue weighted by Gasteiger charge is -2.13.